The summed E-state index contributed by atoms with van der Waals surface area (Å²) in [7, 11) is 0. The molecule has 3 nitrogen and oxygen atoms in total. The largest absolute Gasteiger partial charge is 0.330 e. The van der Waals surface area contributed by atoms with Crippen molar-refractivity contribution >= 4 is 0 Å². The van der Waals surface area contributed by atoms with Crippen molar-refractivity contribution in [1.29, 1.82) is 0 Å². The molecule has 3 heteroatoms. The van der Waals surface area contributed by atoms with Crippen LogP contribution in [0.2, 0.25) is 0 Å². The van der Waals surface area contributed by atoms with Gasteiger partial charge in [0.15, 0.2) is 5.82 Å². The van der Waals surface area contributed by atoms with Crippen LogP contribution in [-0.4, -0.2) is 16.5 Å². The average Bonchev–Trinajstić information content (AvgIpc) is 2.47. The summed E-state index contributed by atoms with van der Waals surface area (Å²) in [5.41, 5.74) is 11.8. The molecule has 1 unspecified atom stereocenters. The summed E-state index contributed by atoms with van der Waals surface area (Å²) < 4.78 is 0. The lowest BCUT2D eigenvalue weighted by Gasteiger charge is -2.24. The number of aromatic nitrogens is 2. The van der Waals surface area contributed by atoms with Gasteiger partial charge in [-0.05, 0) is 56.7 Å². The van der Waals surface area contributed by atoms with E-state index in [1.807, 2.05) is 6.07 Å². The molecule has 0 spiro atoms. The number of hydrogen-bond donors (Lipinski definition) is 1. The molecular formula is C17H21N3. The molecule has 0 aliphatic heterocycles. The van der Waals surface area contributed by atoms with Crippen molar-refractivity contribution in [3.05, 3.63) is 46.8 Å². The van der Waals surface area contributed by atoms with Gasteiger partial charge in [-0.25, -0.2) is 9.97 Å². The minimum Gasteiger partial charge on any atom is -0.330 e. The predicted molar refractivity (Wildman–Crippen MR) is 81.5 cm³/mol. The minimum absolute atomic E-state index is 0.592. The van der Waals surface area contributed by atoms with Crippen LogP contribution in [0.15, 0.2) is 24.3 Å². The Bertz CT molecular complexity index is 634. The smallest absolute Gasteiger partial charge is 0.159 e. The number of nitrogens with two attached hydrogens (primary N) is 1. The third kappa shape index (κ3) is 2.34. The van der Waals surface area contributed by atoms with E-state index < -0.39 is 0 Å². The zero-order chi connectivity index (χ0) is 14.1. The van der Waals surface area contributed by atoms with Gasteiger partial charge in [0.05, 0.1) is 0 Å². The highest BCUT2D eigenvalue weighted by atomic mass is 14.9. The molecule has 1 aromatic heterocycles. The van der Waals surface area contributed by atoms with Gasteiger partial charge in [0.25, 0.3) is 0 Å². The fourth-order valence-corrected chi connectivity index (χ4v) is 3.00. The van der Waals surface area contributed by atoms with E-state index in [1.165, 1.54) is 16.8 Å². The fourth-order valence-electron chi connectivity index (χ4n) is 3.00. The highest BCUT2D eigenvalue weighted by Gasteiger charge is 2.22. The van der Waals surface area contributed by atoms with Gasteiger partial charge in [-0.3, -0.25) is 0 Å². The average molecular weight is 267 g/mol. The van der Waals surface area contributed by atoms with Crippen molar-refractivity contribution in [2.45, 2.75) is 33.1 Å². The van der Waals surface area contributed by atoms with Crippen LogP contribution < -0.4 is 5.73 Å². The van der Waals surface area contributed by atoms with E-state index in [0.29, 0.717) is 5.92 Å². The molecule has 0 saturated heterocycles. The zero-order valence-electron chi connectivity index (χ0n) is 12.2. The van der Waals surface area contributed by atoms with Crippen LogP contribution >= 0.6 is 0 Å². The number of benzene rings is 1. The Balaban J connectivity index is 2.05. The molecule has 1 aliphatic carbocycles. The molecule has 0 radical (unpaired) electrons. The Labute approximate surface area is 120 Å². The highest BCUT2D eigenvalue weighted by Crippen LogP contribution is 2.28. The van der Waals surface area contributed by atoms with Gasteiger partial charge in [-0.1, -0.05) is 24.3 Å². The van der Waals surface area contributed by atoms with Crippen LogP contribution in [0.1, 0.15) is 28.9 Å². The maximum absolute atomic E-state index is 5.81. The quantitative estimate of drug-likeness (QED) is 0.910. The van der Waals surface area contributed by atoms with E-state index in [2.05, 4.69) is 32.0 Å². The first-order chi connectivity index (χ1) is 9.69. The molecule has 1 aliphatic rings. The van der Waals surface area contributed by atoms with Gasteiger partial charge in [-0.2, -0.15) is 0 Å². The van der Waals surface area contributed by atoms with Crippen molar-refractivity contribution in [2.75, 3.05) is 6.54 Å². The van der Waals surface area contributed by atoms with Crippen molar-refractivity contribution in [1.82, 2.24) is 9.97 Å². The van der Waals surface area contributed by atoms with E-state index >= 15 is 0 Å². The zero-order valence-corrected chi connectivity index (χ0v) is 12.2. The monoisotopic (exact) mass is 267 g/mol. The van der Waals surface area contributed by atoms with Crippen molar-refractivity contribution in [3.63, 3.8) is 0 Å². The molecule has 0 saturated carbocycles. The fraction of sp³-hybridized carbons (Fsp3) is 0.412. The second-order valence-electron chi connectivity index (χ2n) is 5.72. The first-order valence-electron chi connectivity index (χ1n) is 7.31. The van der Waals surface area contributed by atoms with E-state index in [0.717, 1.165) is 42.9 Å². The highest BCUT2D eigenvalue weighted by molar-refractivity contribution is 5.60. The molecule has 1 atom stereocenters. The number of nitrogens with zero attached hydrogens (tertiary/aromatic N) is 2. The Morgan fingerprint density at radius 1 is 1.20 bits per heavy atom. The molecule has 1 aromatic carbocycles. The third-order valence-electron chi connectivity index (χ3n) is 4.30. The Kier molecular flexibility index (Phi) is 3.53. The third-order valence-corrected chi connectivity index (χ3v) is 4.30. The van der Waals surface area contributed by atoms with E-state index in [9.17, 15) is 0 Å². The number of fused-ring (bicyclic) bond motifs is 1. The lowest BCUT2D eigenvalue weighted by atomic mass is 9.86. The molecule has 1 heterocycles. The maximum atomic E-state index is 5.81. The standard InChI is InChI=1S/C17H21N3/c1-11-5-3-4-6-14(11)17-19-12(2)15-9-13(10-18)7-8-16(15)20-17/h3-6,13H,7-10,18H2,1-2H3. The maximum Gasteiger partial charge on any atom is 0.159 e. The summed E-state index contributed by atoms with van der Waals surface area (Å²) in [6, 6.07) is 8.31. The molecular weight excluding hydrogens is 246 g/mol. The van der Waals surface area contributed by atoms with E-state index in [1.54, 1.807) is 0 Å². The summed E-state index contributed by atoms with van der Waals surface area (Å²) in [4.78, 5) is 9.56. The van der Waals surface area contributed by atoms with Gasteiger partial charge in [0.1, 0.15) is 0 Å². The van der Waals surface area contributed by atoms with Gasteiger partial charge < -0.3 is 5.73 Å². The number of hydrogen-bond acceptors (Lipinski definition) is 3. The summed E-state index contributed by atoms with van der Waals surface area (Å²) in [5.74, 6) is 1.46. The number of rotatable bonds is 2. The van der Waals surface area contributed by atoms with Gasteiger partial charge in [0.2, 0.25) is 0 Å². The lowest BCUT2D eigenvalue weighted by molar-refractivity contribution is 0.460. The molecule has 104 valence electrons. The van der Waals surface area contributed by atoms with Gasteiger partial charge in [-0.15, -0.1) is 0 Å². The second kappa shape index (κ2) is 5.33. The van der Waals surface area contributed by atoms with Crippen molar-refractivity contribution < 1.29 is 0 Å². The van der Waals surface area contributed by atoms with Crippen molar-refractivity contribution in [3.8, 4) is 11.4 Å². The van der Waals surface area contributed by atoms with E-state index in [-0.39, 0.29) is 0 Å². The summed E-state index contributed by atoms with van der Waals surface area (Å²) >= 11 is 0. The van der Waals surface area contributed by atoms with Crippen LogP contribution in [-0.2, 0) is 12.8 Å². The summed E-state index contributed by atoms with van der Waals surface area (Å²) in [6.07, 6.45) is 3.21. The second-order valence-corrected chi connectivity index (χ2v) is 5.72. The number of aryl methyl sites for hydroxylation is 3. The molecule has 0 amide bonds. The Morgan fingerprint density at radius 2 is 2.00 bits per heavy atom. The van der Waals surface area contributed by atoms with Gasteiger partial charge in [0, 0.05) is 17.0 Å². The van der Waals surface area contributed by atoms with Crippen LogP contribution in [0.3, 0.4) is 0 Å². The van der Waals surface area contributed by atoms with Gasteiger partial charge >= 0.3 is 0 Å². The minimum atomic E-state index is 0.592. The molecule has 20 heavy (non-hydrogen) atoms. The first kappa shape index (κ1) is 13.3. The molecule has 3 rings (SSSR count). The predicted octanol–water partition coefficient (Wildman–Crippen LogP) is 2.82. The molecule has 2 N–H and O–H groups in total. The van der Waals surface area contributed by atoms with Crippen LogP contribution in [0.4, 0.5) is 0 Å². The van der Waals surface area contributed by atoms with E-state index in [4.69, 9.17) is 15.7 Å². The van der Waals surface area contributed by atoms with Crippen LogP contribution in [0.25, 0.3) is 11.4 Å². The normalized spacial score (nSPS) is 17.9. The first-order valence-corrected chi connectivity index (χ1v) is 7.31. The lowest BCUT2D eigenvalue weighted by Crippen LogP contribution is -2.24. The summed E-state index contributed by atoms with van der Waals surface area (Å²) in [6.45, 7) is 4.97. The SMILES string of the molecule is Cc1ccccc1-c1nc(C)c2c(n1)CCC(CN)C2. The molecule has 2 aromatic rings. The van der Waals surface area contributed by atoms with Crippen molar-refractivity contribution in [2.24, 2.45) is 11.7 Å². The van der Waals surface area contributed by atoms with Crippen LogP contribution in [0, 0.1) is 19.8 Å². The summed E-state index contributed by atoms with van der Waals surface area (Å²) in [5, 5.41) is 0. The topological polar surface area (TPSA) is 51.8 Å². The molecule has 0 fully saturated rings. The molecule has 0 bridgehead atoms. The Morgan fingerprint density at radius 3 is 2.75 bits per heavy atom. The van der Waals surface area contributed by atoms with Crippen LogP contribution in [0.5, 0.6) is 0 Å². The Hall–Kier alpha value is -1.74.